The van der Waals surface area contributed by atoms with Crippen LogP contribution in [0.4, 0.5) is 4.79 Å². The van der Waals surface area contributed by atoms with E-state index < -0.39 is 11.7 Å². The highest BCUT2D eigenvalue weighted by Gasteiger charge is 2.35. The molecule has 1 fully saturated rings. The minimum Gasteiger partial charge on any atom is -0.442 e. The van der Waals surface area contributed by atoms with Gasteiger partial charge in [0.05, 0.1) is 5.92 Å². The second-order valence-electron chi connectivity index (χ2n) is 6.20. The molecular formula is C15H22N2O3S. The van der Waals surface area contributed by atoms with Crippen LogP contribution >= 0.6 is 11.3 Å². The summed E-state index contributed by atoms with van der Waals surface area (Å²) in [4.78, 5) is 24.8. The molecule has 0 spiro atoms. The molecule has 6 heteroatoms. The normalized spacial score (nSPS) is 17.0. The van der Waals surface area contributed by atoms with E-state index in [0.29, 0.717) is 13.1 Å². The molecule has 116 valence electrons. The fourth-order valence-electron chi connectivity index (χ4n) is 2.23. The Morgan fingerprint density at radius 1 is 1.29 bits per heavy atom. The van der Waals surface area contributed by atoms with Crippen molar-refractivity contribution >= 4 is 23.3 Å². The average molecular weight is 310 g/mol. The van der Waals surface area contributed by atoms with Gasteiger partial charge < -0.3 is 4.74 Å². The van der Waals surface area contributed by atoms with Gasteiger partial charge in [-0.15, -0.1) is 0 Å². The van der Waals surface area contributed by atoms with Crippen molar-refractivity contribution in [3.05, 3.63) is 22.4 Å². The number of hydrogen-bond acceptors (Lipinski definition) is 4. The van der Waals surface area contributed by atoms with E-state index in [1.54, 1.807) is 11.3 Å². The van der Waals surface area contributed by atoms with Crippen molar-refractivity contribution in [2.24, 2.45) is 0 Å². The van der Waals surface area contributed by atoms with Gasteiger partial charge in [0.15, 0.2) is 0 Å². The van der Waals surface area contributed by atoms with Gasteiger partial charge in [0, 0.05) is 13.1 Å². The molecule has 2 amide bonds. The summed E-state index contributed by atoms with van der Waals surface area (Å²) in [7, 11) is 0. The van der Waals surface area contributed by atoms with Gasteiger partial charge >= 0.3 is 6.09 Å². The van der Waals surface area contributed by atoms with Crippen LogP contribution in [-0.2, 0) is 9.53 Å². The number of nitrogens with zero attached hydrogens (tertiary/aromatic N) is 2. The monoisotopic (exact) mass is 310 g/mol. The first-order chi connectivity index (χ1) is 9.79. The van der Waals surface area contributed by atoms with Crippen LogP contribution < -0.4 is 0 Å². The van der Waals surface area contributed by atoms with Crippen LogP contribution in [0.2, 0.25) is 0 Å². The minimum absolute atomic E-state index is 0.0586. The van der Waals surface area contributed by atoms with E-state index in [-0.39, 0.29) is 11.8 Å². The van der Waals surface area contributed by atoms with Crippen LogP contribution in [0.25, 0.3) is 0 Å². The summed E-state index contributed by atoms with van der Waals surface area (Å²) in [6.07, 6.45) is 0.326. The lowest BCUT2D eigenvalue weighted by Gasteiger charge is -2.31. The summed E-state index contributed by atoms with van der Waals surface area (Å²) in [6.45, 7) is 8.42. The Morgan fingerprint density at radius 2 is 1.95 bits per heavy atom. The van der Waals surface area contributed by atoms with E-state index in [9.17, 15) is 9.59 Å². The van der Waals surface area contributed by atoms with Crippen molar-refractivity contribution in [2.45, 2.75) is 45.6 Å². The summed E-state index contributed by atoms with van der Waals surface area (Å²) < 4.78 is 5.37. The van der Waals surface area contributed by atoms with Gasteiger partial charge in [-0.2, -0.15) is 11.3 Å². The molecule has 1 aliphatic rings. The molecule has 1 atom stereocenters. The maximum absolute atomic E-state index is 12.6. The fraction of sp³-hybridized carbons (Fsp3) is 0.600. The van der Waals surface area contributed by atoms with Crippen molar-refractivity contribution in [1.29, 1.82) is 0 Å². The molecule has 2 rings (SSSR count). The largest absolute Gasteiger partial charge is 0.442 e. The summed E-state index contributed by atoms with van der Waals surface area (Å²) in [5.41, 5.74) is 0.425. The second kappa shape index (κ2) is 6.05. The van der Waals surface area contributed by atoms with Crippen molar-refractivity contribution in [2.75, 3.05) is 13.1 Å². The highest BCUT2D eigenvalue weighted by atomic mass is 32.1. The van der Waals surface area contributed by atoms with Gasteiger partial charge in [0.25, 0.3) is 0 Å². The molecule has 0 radical (unpaired) electrons. The lowest BCUT2D eigenvalue weighted by atomic mass is 10.0. The number of carbonyl (C=O) groups excluding carboxylic acids is 2. The number of ether oxygens (including phenoxy) is 1. The summed E-state index contributed by atoms with van der Waals surface area (Å²) in [5.74, 6) is -0.309. The number of amides is 2. The Bertz CT molecular complexity index is 507. The van der Waals surface area contributed by atoms with Crippen molar-refractivity contribution in [1.82, 2.24) is 10.0 Å². The van der Waals surface area contributed by atoms with Crippen LogP contribution in [0.1, 0.15) is 45.6 Å². The van der Waals surface area contributed by atoms with E-state index in [4.69, 9.17) is 4.74 Å². The van der Waals surface area contributed by atoms with E-state index >= 15 is 0 Å². The highest BCUT2D eigenvalue weighted by molar-refractivity contribution is 7.08. The van der Waals surface area contributed by atoms with Gasteiger partial charge in [-0.1, -0.05) is 0 Å². The quantitative estimate of drug-likeness (QED) is 0.842. The lowest BCUT2D eigenvalue weighted by Crippen LogP contribution is -2.48. The van der Waals surface area contributed by atoms with E-state index in [0.717, 1.165) is 12.0 Å². The molecule has 0 unspecified atom stereocenters. The molecule has 0 aromatic carbocycles. The summed E-state index contributed by atoms with van der Waals surface area (Å²) in [6, 6.07) is 1.95. The zero-order valence-electron chi connectivity index (χ0n) is 13.0. The van der Waals surface area contributed by atoms with Crippen LogP contribution in [0.3, 0.4) is 0 Å². The third-order valence-electron chi connectivity index (χ3n) is 3.30. The molecule has 0 bridgehead atoms. The molecule has 21 heavy (non-hydrogen) atoms. The zero-order valence-corrected chi connectivity index (χ0v) is 13.8. The highest BCUT2D eigenvalue weighted by Crippen LogP contribution is 2.24. The molecule has 1 saturated heterocycles. The van der Waals surface area contributed by atoms with Crippen molar-refractivity contribution in [3.8, 4) is 0 Å². The SMILES string of the molecule is C[C@H](C(=O)N1CCCN1C(=O)OC(C)(C)C)c1ccsc1. The lowest BCUT2D eigenvalue weighted by molar-refractivity contribution is -0.144. The average Bonchev–Trinajstić information content (AvgIpc) is 3.05. The number of rotatable bonds is 2. The van der Waals surface area contributed by atoms with Crippen LogP contribution in [0.5, 0.6) is 0 Å². The Balaban J connectivity index is 2.08. The van der Waals surface area contributed by atoms with E-state index in [1.165, 1.54) is 10.0 Å². The molecule has 2 heterocycles. The van der Waals surface area contributed by atoms with Gasteiger partial charge in [-0.3, -0.25) is 4.79 Å². The molecule has 0 saturated carbocycles. The Morgan fingerprint density at radius 3 is 2.52 bits per heavy atom. The molecular weight excluding hydrogens is 288 g/mol. The molecule has 1 aliphatic heterocycles. The predicted molar refractivity (Wildman–Crippen MR) is 82.0 cm³/mol. The molecule has 1 aromatic heterocycles. The fourth-order valence-corrected chi connectivity index (χ4v) is 2.99. The number of hydrazine groups is 1. The van der Waals surface area contributed by atoms with E-state index in [1.807, 2.05) is 44.5 Å². The third kappa shape index (κ3) is 3.75. The smallest absolute Gasteiger partial charge is 0.429 e. The molecule has 0 aliphatic carbocycles. The first-order valence-corrected chi connectivity index (χ1v) is 8.08. The minimum atomic E-state index is -0.562. The van der Waals surface area contributed by atoms with Crippen LogP contribution in [0.15, 0.2) is 16.8 Å². The summed E-state index contributed by atoms with van der Waals surface area (Å²) in [5, 5.41) is 6.87. The van der Waals surface area contributed by atoms with Gasteiger partial charge in [-0.25, -0.2) is 14.8 Å². The number of carbonyl (C=O) groups is 2. The van der Waals surface area contributed by atoms with Gasteiger partial charge in [-0.05, 0) is 56.5 Å². The third-order valence-corrected chi connectivity index (χ3v) is 4.00. The molecule has 5 nitrogen and oxygen atoms in total. The Labute approximate surface area is 129 Å². The van der Waals surface area contributed by atoms with Gasteiger partial charge in [0.2, 0.25) is 5.91 Å². The first-order valence-electron chi connectivity index (χ1n) is 7.13. The van der Waals surface area contributed by atoms with Crippen molar-refractivity contribution in [3.63, 3.8) is 0 Å². The predicted octanol–water partition coefficient (Wildman–Crippen LogP) is 3.24. The zero-order chi connectivity index (χ0) is 15.6. The number of thiophene rings is 1. The first kappa shape index (κ1) is 15.8. The Hall–Kier alpha value is -1.56. The molecule has 1 aromatic rings. The van der Waals surface area contributed by atoms with Gasteiger partial charge in [0.1, 0.15) is 5.60 Å². The maximum Gasteiger partial charge on any atom is 0.429 e. The van der Waals surface area contributed by atoms with Crippen LogP contribution in [-0.4, -0.2) is 40.7 Å². The Kier molecular flexibility index (Phi) is 4.56. The maximum atomic E-state index is 12.6. The number of hydrogen-bond donors (Lipinski definition) is 0. The van der Waals surface area contributed by atoms with Crippen LogP contribution in [0, 0.1) is 0 Å². The van der Waals surface area contributed by atoms with E-state index in [2.05, 4.69) is 0 Å². The summed E-state index contributed by atoms with van der Waals surface area (Å²) >= 11 is 1.57. The van der Waals surface area contributed by atoms with Crippen molar-refractivity contribution < 1.29 is 14.3 Å². The second-order valence-corrected chi connectivity index (χ2v) is 6.98. The standard InChI is InChI=1S/C15H22N2O3S/c1-11(12-6-9-21-10-12)13(18)16-7-5-8-17(16)14(19)20-15(2,3)4/h6,9-11H,5,7-8H2,1-4H3/t11-/m0/s1. The topological polar surface area (TPSA) is 49.9 Å². The molecule has 0 N–H and O–H groups in total.